The Bertz CT molecular complexity index is 640. The maximum atomic E-state index is 12.3. The fourth-order valence-corrected chi connectivity index (χ4v) is 2.04. The molecule has 0 unspecified atom stereocenters. The van der Waals surface area contributed by atoms with Gasteiger partial charge in [0, 0.05) is 25.2 Å². The van der Waals surface area contributed by atoms with Crippen LogP contribution in [0.2, 0.25) is 5.02 Å². The van der Waals surface area contributed by atoms with E-state index < -0.39 is 4.92 Å². The van der Waals surface area contributed by atoms with Crippen molar-refractivity contribution < 1.29 is 14.1 Å². The number of hydrogen-bond donors (Lipinski definition) is 0. The molecule has 0 saturated heterocycles. The summed E-state index contributed by atoms with van der Waals surface area (Å²) in [5.41, 5.74) is 0.642. The van der Waals surface area contributed by atoms with Gasteiger partial charge in [0.05, 0.1) is 23.0 Å². The fourth-order valence-electron chi connectivity index (χ4n) is 1.76. The van der Waals surface area contributed by atoms with Crippen molar-refractivity contribution in [2.45, 2.75) is 6.54 Å². The molecule has 0 saturated carbocycles. The first-order valence-electron chi connectivity index (χ1n) is 5.70. The smallest absolute Gasteiger partial charge is 0.288 e. The van der Waals surface area contributed by atoms with Crippen LogP contribution in [0.1, 0.15) is 15.9 Å². The second-order valence-electron chi connectivity index (χ2n) is 4.19. The standard InChI is InChI=1S/C13H11ClN2O4/c1-15(7-9-5-6-20-8-9)13(17)10-3-2-4-11(12(10)14)16(18)19/h2-6,8H,7H2,1H3. The number of halogens is 1. The third-order valence-corrected chi connectivity index (χ3v) is 3.15. The Morgan fingerprint density at radius 2 is 2.20 bits per heavy atom. The molecule has 1 amide bonds. The Morgan fingerprint density at radius 3 is 2.80 bits per heavy atom. The van der Waals surface area contributed by atoms with Gasteiger partial charge in [-0.15, -0.1) is 0 Å². The van der Waals surface area contributed by atoms with Crippen molar-refractivity contribution in [2.24, 2.45) is 0 Å². The van der Waals surface area contributed by atoms with Crippen LogP contribution in [0, 0.1) is 10.1 Å². The summed E-state index contributed by atoms with van der Waals surface area (Å²) in [6.07, 6.45) is 3.03. The Hall–Kier alpha value is -2.34. The van der Waals surface area contributed by atoms with Crippen molar-refractivity contribution in [1.82, 2.24) is 4.90 Å². The quantitative estimate of drug-likeness (QED) is 0.641. The zero-order valence-corrected chi connectivity index (χ0v) is 11.3. The largest absolute Gasteiger partial charge is 0.472 e. The number of hydrogen-bond acceptors (Lipinski definition) is 4. The van der Waals surface area contributed by atoms with Gasteiger partial charge in [0.1, 0.15) is 5.02 Å². The van der Waals surface area contributed by atoms with Gasteiger partial charge in [-0.3, -0.25) is 14.9 Å². The van der Waals surface area contributed by atoms with Gasteiger partial charge in [-0.1, -0.05) is 17.7 Å². The average Bonchev–Trinajstić information content (AvgIpc) is 2.90. The van der Waals surface area contributed by atoms with Gasteiger partial charge in [0.2, 0.25) is 0 Å². The molecular formula is C13H11ClN2O4. The lowest BCUT2D eigenvalue weighted by molar-refractivity contribution is -0.384. The molecule has 0 atom stereocenters. The van der Waals surface area contributed by atoms with E-state index in [0.717, 1.165) is 5.56 Å². The van der Waals surface area contributed by atoms with Crippen LogP contribution >= 0.6 is 11.6 Å². The van der Waals surface area contributed by atoms with Crippen LogP contribution in [-0.4, -0.2) is 22.8 Å². The lowest BCUT2D eigenvalue weighted by Crippen LogP contribution is -2.26. The highest BCUT2D eigenvalue weighted by Crippen LogP contribution is 2.28. The van der Waals surface area contributed by atoms with Crippen LogP contribution in [0.15, 0.2) is 41.2 Å². The number of rotatable bonds is 4. The van der Waals surface area contributed by atoms with Crippen LogP contribution in [0.3, 0.4) is 0 Å². The van der Waals surface area contributed by atoms with E-state index in [4.69, 9.17) is 16.0 Å². The first-order valence-corrected chi connectivity index (χ1v) is 6.08. The predicted octanol–water partition coefficient (Wildman–Crippen LogP) is 3.11. The van der Waals surface area contributed by atoms with Crippen LogP contribution in [0.5, 0.6) is 0 Å². The second kappa shape index (κ2) is 5.75. The lowest BCUT2D eigenvalue weighted by Gasteiger charge is -2.16. The molecule has 0 bridgehead atoms. The van der Waals surface area contributed by atoms with Crippen LogP contribution in [0.25, 0.3) is 0 Å². The second-order valence-corrected chi connectivity index (χ2v) is 4.57. The molecule has 1 heterocycles. The summed E-state index contributed by atoms with van der Waals surface area (Å²) in [7, 11) is 1.59. The third kappa shape index (κ3) is 2.80. The minimum atomic E-state index is -0.616. The molecule has 0 radical (unpaired) electrons. The van der Waals surface area contributed by atoms with Crippen molar-refractivity contribution in [1.29, 1.82) is 0 Å². The van der Waals surface area contributed by atoms with Crippen molar-refractivity contribution in [2.75, 3.05) is 7.05 Å². The highest BCUT2D eigenvalue weighted by molar-refractivity contribution is 6.35. The minimum Gasteiger partial charge on any atom is -0.472 e. The molecule has 0 aliphatic heterocycles. The van der Waals surface area contributed by atoms with Gasteiger partial charge in [0.25, 0.3) is 11.6 Å². The zero-order chi connectivity index (χ0) is 14.7. The summed E-state index contributed by atoms with van der Waals surface area (Å²) in [6.45, 7) is 0.328. The predicted molar refractivity (Wildman–Crippen MR) is 72.6 cm³/mol. The molecule has 6 nitrogen and oxygen atoms in total. The minimum absolute atomic E-state index is 0.104. The molecule has 2 aromatic rings. The van der Waals surface area contributed by atoms with E-state index in [1.165, 1.54) is 35.6 Å². The van der Waals surface area contributed by atoms with E-state index in [0.29, 0.717) is 6.54 Å². The first kappa shape index (κ1) is 14.1. The molecule has 0 aliphatic rings. The summed E-state index contributed by atoms with van der Waals surface area (Å²) in [5.74, 6) is -0.389. The topological polar surface area (TPSA) is 76.6 Å². The van der Waals surface area contributed by atoms with E-state index in [-0.39, 0.29) is 22.2 Å². The Kier molecular flexibility index (Phi) is 4.05. The number of furan rings is 1. The Morgan fingerprint density at radius 1 is 1.45 bits per heavy atom. The Labute approximate surface area is 119 Å². The number of nitro benzene ring substituents is 1. The van der Waals surface area contributed by atoms with E-state index in [1.807, 2.05) is 0 Å². The van der Waals surface area contributed by atoms with Gasteiger partial charge in [-0.25, -0.2) is 0 Å². The van der Waals surface area contributed by atoms with E-state index in [9.17, 15) is 14.9 Å². The van der Waals surface area contributed by atoms with Gasteiger partial charge in [-0.05, 0) is 12.1 Å². The van der Waals surface area contributed by atoms with Gasteiger partial charge >= 0.3 is 0 Å². The maximum absolute atomic E-state index is 12.3. The van der Waals surface area contributed by atoms with Crippen LogP contribution in [-0.2, 0) is 6.54 Å². The molecule has 0 spiro atoms. The SMILES string of the molecule is CN(Cc1ccoc1)C(=O)c1cccc([N+](=O)[O-])c1Cl. The summed E-state index contributed by atoms with van der Waals surface area (Å²) in [6, 6.07) is 5.89. The van der Waals surface area contributed by atoms with E-state index in [2.05, 4.69) is 0 Å². The molecule has 7 heteroatoms. The average molecular weight is 295 g/mol. The molecule has 104 valence electrons. The first-order chi connectivity index (χ1) is 9.50. The third-order valence-electron chi connectivity index (χ3n) is 2.75. The zero-order valence-electron chi connectivity index (χ0n) is 10.6. The number of amides is 1. The van der Waals surface area contributed by atoms with Gasteiger partial charge in [-0.2, -0.15) is 0 Å². The number of carbonyl (C=O) groups is 1. The van der Waals surface area contributed by atoms with Crippen LogP contribution in [0.4, 0.5) is 5.69 Å². The number of nitro groups is 1. The summed E-state index contributed by atoms with van der Waals surface area (Å²) >= 11 is 5.92. The number of carbonyl (C=O) groups excluding carboxylic acids is 1. The van der Waals surface area contributed by atoms with E-state index >= 15 is 0 Å². The molecule has 2 rings (SSSR count). The fraction of sp³-hybridized carbons (Fsp3) is 0.154. The van der Waals surface area contributed by atoms with Crippen LogP contribution < -0.4 is 0 Å². The molecule has 1 aromatic heterocycles. The van der Waals surface area contributed by atoms with Crippen molar-refractivity contribution in [3.63, 3.8) is 0 Å². The summed E-state index contributed by atoms with van der Waals surface area (Å²) < 4.78 is 4.92. The normalized spacial score (nSPS) is 10.3. The van der Waals surface area contributed by atoms with Crippen molar-refractivity contribution in [3.8, 4) is 0 Å². The molecule has 0 aliphatic carbocycles. The molecule has 1 aromatic carbocycles. The Balaban J connectivity index is 2.25. The summed E-state index contributed by atoms with van der Waals surface area (Å²) in [4.78, 5) is 23.9. The summed E-state index contributed by atoms with van der Waals surface area (Å²) in [5, 5.41) is 10.7. The van der Waals surface area contributed by atoms with Crippen molar-refractivity contribution in [3.05, 3.63) is 63.1 Å². The molecule has 0 fully saturated rings. The van der Waals surface area contributed by atoms with Gasteiger partial charge in [0.15, 0.2) is 0 Å². The maximum Gasteiger partial charge on any atom is 0.288 e. The molecular weight excluding hydrogens is 284 g/mol. The van der Waals surface area contributed by atoms with Crippen molar-refractivity contribution >= 4 is 23.2 Å². The monoisotopic (exact) mass is 294 g/mol. The van der Waals surface area contributed by atoms with E-state index in [1.54, 1.807) is 13.1 Å². The highest BCUT2D eigenvalue weighted by atomic mass is 35.5. The number of nitrogens with zero attached hydrogens (tertiary/aromatic N) is 2. The molecule has 0 N–H and O–H groups in total. The molecule has 20 heavy (non-hydrogen) atoms. The number of benzene rings is 1. The van der Waals surface area contributed by atoms with Gasteiger partial charge < -0.3 is 9.32 Å². The highest BCUT2D eigenvalue weighted by Gasteiger charge is 2.22. The lowest BCUT2D eigenvalue weighted by atomic mass is 10.1.